The molecule has 0 aliphatic carbocycles. The highest BCUT2D eigenvalue weighted by Crippen LogP contribution is 2.34. The Hall–Kier alpha value is -2.06. The molecule has 0 saturated heterocycles. The average Bonchev–Trinajstić information content (AvgIpc) is 2.64. The fraction of sp³-hybridized carbons (Fsp3) is 0.526. The highest BCUT2D eigenvalue weighted by atomic mass is 32.2. The van der Waals surface area contributed by atoms with Crippen molar-refractivity contribution < 1.29 is 9.84 Å². The van der Waals surface area contributed by atoms with E-state index in [1.165, 1.54) is 0 Å². The molecule has 0 bridgehead atoms. The topological polar surface area (TPSA) is 106 Å². The van der Waals surface area contributed by atoms with Crippen LogP contribution >= 0.6 is 11.8 Å². The first-order chi connectivity index (χ1) is 13.0. The van der Waals surface area contributed by atoms with Gasteiger partial charge in [-0.3, -0.25) is 0 Å². The Morgan fingerprint density at radius 3 is 2.59 bits per heavy atom. The minimum Gasteiger partial charge on any atom is -0.451 e. The van der Waals surface area contributed by atoms with Gasteiger partial charge < -0.3 is 20.9 Å². The van der Waals surface area contributed by atoms with Crippen LogP contribution < -0.4 is 15.8 Å². The lowest BCUT2D eigenvalue weighted by Gasteiger charge is -2.18. The maximum Gasteiger partial charge on any atom is 0.225 e. The van der Waals surface area contributed by atoms with Crippen molar-refractivity contribution in [3.05, 3.63) is 24.0 Å². The smallest absolute Gasteiger partial charge is 0.225 e. The molecule has 0 aliphatic heterocycles. The average molecular weight is 392 g/mol. The number of aliphatic hydroxyl groups is 1. The number of nitrogens with one attached hydrogen (secondary N) is 1. The Morgan fingerprint density at radius 1 is 1.22 bits per heavy atom. The number of hydrogen-bond donors (Lipinski definition) is 3. The van der Waals surface area contributed by atoms with E-state index in [4.69, 9.17) is 10.5 Å². The zero-order chi connectivity index (χ0) is 19.8. The first-order valence-corrected chi connectivity index (χ1v) is 10.4. The molecule has 0 radical (unpaired) electrons. The Morgan fingerprint density at radius 2 is 2.00 bits per heavy atom. The maximum atomic E-state index is 9.19. The number of pyridine rings is 1. The van der Waals surface area contributed by atoms with Gasteiger partial charge in [-0.05, 0) is 25.0 Å². The van der Waals surface area contributed by atoms with E-state index in [0.29, 0.717) is 23.9 Å². The van der Waals surface area contributed by atoms with Crippen LogP contribution in [0.1, 0.15) is 51.5 Å². The quantitative estimate of drug-likeness (QED) is 0.521. The molecule has 2 aromatic heterocycles. The summed E-state index contributed by atoms with van der Waals surface area (Å²) in [6, 6.07) is 2.02. The lowest BCUT2D eigenvalue weighted by atomic mass is 10.1. The summed E-state index contributed by atoms with van der Waals surface area (Å²) < 4.78 is 6.03. The number of nitrogens with zero attached hydrogens (tertiary/aromatic N) is 3. The van der Waals surface area contributed by atoms with Crippen LogP contribution in [-0.2, 0) is 0 Å². The molecule has 0 fully saturated rings. The molecule has 2 rings (SSSR count). The van der Waals surface area contributed by atoms with E-state index in [2.05, 4.69) is 41.0 Å². The van der Waals surface area contributed by atoms with E-state index < -0.39 is 0 Å². The summed E-state index contributed by atoms with van der Waals surface area (Å²) in [6.45, 7) is 6.39. The predicted octanol–water partition coefficient (Wildman–Crippen LogP) is 4.05. The van der Waals surface area contributed by atoms with Gasteiger partial charge in [0, 0.05) is 30.5 Å². The largest absolute Gasteiger partial charge is 0.451 e. The highest BCUT2D eigenvalue weighted by Gasteiger charge is 2.15. The molecule has 2 aromatic rings. The van der Waals surface area contributed by atoms with E-state index >= 15 is 0 Å². The Bertz CT molecular complexity index is 736. The van der Waals surface area contributed by atoms with Gasteiger partial charge in [0.1, 0.15) is 5.75 Å². The van der Waals surface area contributed by atoms with Crippen LogP contribution in [0.2, 0.25) is 0 Å². The van der Waals surface area contributed by atoms with E-state index in [9.17, 15) is 5.11 Å². The van der Waals surface area contributed by atoms with Gasteiger partial charge in [-0.1, -0.05) is 27.2 Å². The molecule has 27 heavy (non-hydrogen) atoms. The second kappa shape index (κ2) is 10.3. The van der Waals surface area contributed by atoms with Crippen LogP contribution in [-0.4, -0.2) is 39.0 Å². The summed E-state index contributed by atoms with van der Waals surface area (Å²) in [5.41, 5.74) is 7.10. The Labute approximate surface area is 165 Å². The normalized spacial score (nSPS) is 12.2. The number of aliphatic hydroxyl groups excluding tert-OH is 1. The Kier molecular flexibility index (Phi) is 8.12. The number of ether oxygens (including phenoxy) is 1. The van der Waals surface area contributed by atoms with Gasteiger partial charge in [-0.15, -0.1) is 11.8 Å². The van der Waals surface area contributed by atoms with Crippen molar-refractivity contribution in [2.24, 2.45) is 0 Å². The third-order valence-corrected chi connectivity index (χ3v) is 4.79. The molecule has 148 valence electrons. The number of thioether (sulfide) groups is 1. The van der Waals surface area contributed by atoms with Gasteiger partial charge in [0.2, 0.25) is 5.95 Å². The van der Waals surface area contributed by atoms with Crippen LogP contribution in [0, 0.1) is 0 Å². The van der Waals surface area contributed by atoms with Crippen LogP contribution in [0.15, 0.2) is 23.5 Å². The van der Waals surface area contributed by atoms with Crippen molar-refractivity contribution in [2.75, 3.05) is 23.9 Å². The lowest BCUT2D eigenvalue weighted by Crippen LogP contribution is -2.22. The fourth-order valence-electron chi connectivity index (χ4n) is 2.69. The summed E-state index contributed by atoms with van der Waals surface area (Å²) in [5.74, 6) is 2.10. The van der Waals surface area contributed by atoms with Crippen molar-refractivity contribution in [3.63, 3.8) is 0 Å². The van der Waals surface area contributed by atoms with Gasteiger partial charge >= 0.3 is 0 Å². The number of nitrogen functional groups attached to an aromatic ring is 1. The summed E-state index contributed by atoms with van der Waals surface area (Å²) in [5, 5.41) is 13.3. The molecule has 2 heterocycles. The molecule has 1 unspecified atom stereocenters. The number of hydrogen-bond acceptors (Lipinski definition) is 8. The molecular weight excluding hydrogens is 362 g/mol. The number of nitrogens with two attached hydrogens (primary N) is 1. The van der Waals surface area contributed by atoms with Gasteiger partial charge in [-0.2, -0.15) is 4.98 Å². The van der Waals surface area contributed by atoms with E-state index in [0.717, 1.165) is 23.4 Å². The van der Waals surface area contributed by atoms with Crippen molar-refractivity contribution in [1.29, 1.82) is 0 Å². The van der Waals surface area contributed by atoms with E-state index in [-0.39, 0.29) is 24.4 Å². The highest BCUT2D eigenvalue weighted by molar-refractivity contribution is 7.98. The van der Waals surface area contributed by atoms with Gasteiger partial charge in [0.05, 0.1) is 11.2 Å². The van der Waals surface area contributed by atoms with E-state index in [1.807, 2.05) is 18.5 Å². The van der Waals surface area contributed by atoms with Crippen molar-refractivity contribution in [2.45, 2.75) is 57.0 Å². The SMILES string of the molecule is CCCC(CCO)Nc1ncc(Oc2cc(SC)ncc2C(C)C)c(N)n1. The zero-order valence-corrected chi connectivity index (χ0v) is 17.2. The lowest BCUT2D eigenvalue weighted by molar-refractivity contribution is 0.276. The molecule has 0 saturated carbocycles. The third-order valence-electron chi connectivity index (χ3n) is 4.15. The molecule has 8 heteroatoms. The fourth-order valence-corrected chi connectivity index (χ4v) is 3.07. The van der Waals surface area contributed by atoms with Crippen molar-refractivity contribution in [1.82, 2.24) is 15.0 Å². The molecule has 7 nitrogen and oxygen atoms in total. The van der Waals surface area contributed by atoms with Gasteiger partial charge in [0.15, 0.2) is 11.6 Å². The standard InChI is InChI=1S/C19H29N5O2S/c1-5-6-13(7-8-25)23-19-22-11-16(18(20)24-19)26-15-9-17(27-4)21-10-14(15)12(2)3/h9-13,25H,5-8H2,1-4H3,(H3,20,22,23,24). The van der Waals surface area contributed by atoms with Gasteiger partial charge in [-0.25, -0.2) is 9.97 Å². The minimum absolute atomic E-state index is 0.114. The molecule has 4 N–H and O–H groups in total. The van der Waals surface area contributed by atoms with Crippen LogP contribution in [0.5, 0.6) is 11.5 Å². The molecule has 0 aromatic carbocycles. The molecular formula is C19H29N5O2S. The second-order valence-corrected chi connectivity index (χ2v) is 7.43. The van der Waals surface area contributed by atoms with Crippen LogP contribution in [0.3, 0.4) is 0 Å². The maximum absolute atomic E-state index is 9.19. The second-order valence-electron chi connectivity index (χ2n) is 6.61. The van der Waals surface area contributed by atoms with E-state index in [1.54, 1.807) is 18.0 Å². The molecule has 0 spiro atoms. The Balaban J connectivity index is 2.21. The minimum atomic E-state index is 0.114. The first kappa shape index (κ1) is 21.2. The zero-order valence-electron chi connectivity index (χ0n) is 16.4. The molecule has 0 aliphatic rings. The van der Waals surface area contributed by atoms with Gasteiger partial charge in [0.25, 0.3) is 0 Å². The summed E-state index contributed by atoms with van der Waals surface area (Å²) in [6.07, 6.45) is 7.96. The molecule has 0 amide bonds. The van der Waals surface area contributed by atoms with Crippen LogP contribution in [0.4, 0.5) is 11.8 Å². The number of aromatic nitrogens is 3. The summed E-state index contributed by atoms with van der Waals surface area (Å²) >= 11 is 1.55. The number of rotatable bonds is 10. The van der Waals surface area contributed by atoms with Crippen LogP contribution in [0.25, 0.3) is 0 Å². The monoisotopic (exact) mass is 391 g/mol. The summed E-state index contributed by atoms with van der Waals surface area (Å²) in [4.78, 5) is 13.1. The van der Waals surface area contributed by atoms with Crippen molar-refractivity contribution in [3.8, 4) is 11.5 Å². The summed E-state index contributed by atoms with van der Waals surface area (Å²) in [7, 11) is 0. The predicted molar refractivity (Wildman–Crippen MR) is 111 cm³/mol. The number of anilines is 2. The third kappa shape index (κ3) is 5.97. The van der Waals surface area contributed by atoms with Crippen molar-refractivity contribution >= 4 is 23.5 Å². The molecule has 1 atom stereocenters. The first-order valence-electron chi connectivity index (χ1n) is 9.20.